The number of thiazole rings is 1. The molecule has 4 nitrogen and oxygen atoms in total. The first-order valence-corrected chi connectivity index (χ1v) is 10.4. The lowest BCUT2D eigenvalue weighted by Gasteiger charge is -2.03. The first-order valence-electron chi connectivity index (χ1n) is 8.43. The molecule has 0 saturated heterocycles. The highest BCUT2D eigenvalue weighted by atomic mass is 35.5. The van der Waals surface area contributed by atoms with Crippen LogP contribution in [-0.4, -0.2) is 10.9 Å². The van der Waals surface area contributed by atoms with Crippen LogP contribution in [0.2, 0.25) is 15.1 Å². The van der Waals surface area contributed by atoms with Gasteiger partial charge in [0.25, 0.3) is 5.91 Å². The van der Waals surface area contributed by atoms with Crippen LogP contribution in [0.5, 0.6) is 0 Å². The van der Waals surface area contributed by atoms with Gasteiger partial charge in [0, 0.05) is 32.6 Å². The van der Waals surface area contributed by atoms with Crippen molar-refractivity contribution in [2.24, 2.45) is 0 Å². The number of hydrogen-bond donors (Lipinski definition) is 1. The maximum Gasteiger partial charge on any atom is 0.268 e. The lowest BCUT2D eigenvalue weighted by Crippen LogP contribution is -2.13. The zero-order chi connectivity index (χ0) is 21.0. The Bertz CT molecular complexity index is 1150. The number of aryl methyl sites for hydroxylation is 1. The van der Waals surface area contributed by atoms with Crippen molar-refractivity contribution in [3.63, 3.8) is 0 Å². The Hall–Kier alpha value is -2.36. The Balaban J connectivity index is 1.72. The van der Waals surface area contributed by atoms with Crippen LogP contribution in [0.4, 0.5) is 5.13 Å². The number of anilines is 1. The van der Waals surface area contributed by atoms with E-state index < -0.39 is 5.91 Å². The molecule has 0 atom stereocenters. The second kappa shape index (κ2) is 9.43. The van der Waals surface area contributed by atoms with Gasteiger partial charge in [-0.1, -0.05) is 53.0 Å². The molecule has 0 saturated carbocycles. The van der Waals surface area contributed by atoms with Gasteiger partial charge in [0.2, 0.25) is 0 Å². The number of carbonyl (C=O) groups excluding carboxylic acids is 1. The highest BCUT2D eigenvalue weighted by Crippen LogP contribution is 2.26. The average molecular weight is 463 g/mol. The second-order valence-electron chi connectivity index (χ2n) is 6.18. The molecular formula is C21H14Cl3N3OS. The number of halogens is 3. The maximum absolute atomic E-state index is 12.5. The van der Waals surface area contributed by atoms with E-state index in [1.165, 1.54) is 17.4 Å². The smallest absolute Gasteiger partial charge is 0.268 e. The highest BCUT2D eigenvalue weighted by Gasteiger charge is 2.13. The van der Waals surface area contributed by atoms with Crippen LogP contribution in [0.15, 0.2) is 48.2 Å². The van der Waals surface area contributed by atoms with Gasteiger partial charge in [0.1, 0.15) is 11.6 Å². The molecule has 1 N–H and O–H groups in total. The van der Waals surface area contributed by atoms with Gasteiger partial charge in [-0.15, -0.1) is 11.3 Å². The van der Waals surface area contributed by atoms with E-state index in [0.29, 0.717) is 32.2 Å². The van der Waals surface area contributed by atoms with Gasteiger partial charge in [-0.2, -0.15) is 5.26 Å². The predicted octanol–water partition coefficient (Wildman–Crippen LogP) is 6.55. The monoisotopic (exact) mass is 461 g/mol. The summed E-state index contributed by atoms with van der Waals surface area (Å²) in [6.07, 6.45) is 3.76. The summed E-state index contributed by atoms with van der Waals surface area (Å²) in [6.45, 7) is 1.95. The van der Waals surface area contributed by atoms with E-state index in [1.54, 1.807) is 24.4 Å². The van der Waals surface area contributed by atoms with E-state index in [-0.39, 0.29) is 5.57 Å². The van der Waals surface area contributed by atoms with Crippen molar-refractivity contribution >= 4 is 63.3 Å². The summed E-state index contributed by atoms with van der Waals surface area (Å²) in [7, 11) is 0. The first-order chi connectivity index (χ1) is 13.9. The number of amides is 1. The molecule has 1 aromatic heterocycles. The third-order valence-corrected chi connectivity index (χ3v) is 5.90. The lowest BCUT2D eigenvalue weighted by atomic mass is 10.1. The molecule has 8 heteroatoms. The second-order valence-corrected chi connectivity index (χ2v) is 8.55. The molecule has 0 aliphatic rings. The van der Waals surface area contributed by atoms with Gasteiger partial charge in [-0.3, -0.25) is 10.1 Å². The summed E-state index contributed by atoms with van der Waals surface area (Å²) in [5.74, 6) is -0.558. The van der Waals surface area contributed by atoms with Gasteiger partial charge in [-0.05, 0) is 47.9 Å². The summed E-state index contributed by atoms with van der Waals surface area (Å²) in [6, 6.07) is 12.6. The van der Waals surface area contributed by atoms with Crippen LogP contribution in [-0.2, 0) is 11.2 Å². The van der Waals surface area contributed by atoms with Gasteiger partial charge in [0.15, 0.2) is 5.13 Å². The van der Waals surface area contributed by atoms with Crippen molar-refractivity contribution in [3.05, 3.63) is 84.8 Å². The summed E-state index contributed by atoms with van der Waals surface area (Å²) < 4.78 is 0. The van der Waals surface area contributed by atoms with Crippen molar-refractivity contribution in [2.45, 2.75) is 13.3 Å². The van der Waals surface area contributed by atoms with Crippen LogP contribution >= 0.6 is 46.1 Å². The minimum absolute atomic E-state index is 0.0868. The number of aromatic nitrogens is 1. The Kier molecular flexibility index (Phi) is 6.94. The molecule has 0 fully saturated rings. The Labute approximate surface area is 187 Å². The van der Waals surface area contributed by atoms with Gasteiger partial charge in [0.05, 0.1) is 0 Å². The number of nitriles is 1. The fourth-order valence-electron chi connectivity index (χ4n) is 2.48. The van der Waals surface area contributed by atoms with E-state index >= 15 is 0 Å². The van der Waals surface area contributed by atoms with E-state index in [0.717, 1.165) is 16.0 Å². The minimum Gasteiger partial charge on any atom is -0.297 e. The summed E-state index contributed by atoms with van der Waals surface area (Å²) in [4.78, 5) is 17.6. The molecule has 2 aromatic carbocycles. The van der Waals surface area contributed by atoms with Crippen molar-refractivity contribution in [1.82, 2.24) is 4.98 Å². The molecular weight excluding hydrogens is 449 g/mol. The van der Waals surface area contributed by atoms with Crippen molar-refractivity contribution in [1.29, 1.82) is 5.26 Å². The van der Waals surface area contributed by atoms with Crippen LogP contribution in [0.1, 0.15) is 21.6 Å². The molecule has 0 aliphatic heterocycles. The highest BCUT2D eigenvalue weighted by molar-refractivity contribution is 7.15. The number of rotatable bonds is 5. The number of benzene rings is 2. The molecule has 1 heterocycles. The first kappa shape index (κ1) is 21.4. The zero-order valence-electron chi connectivity index (χ0n) is 15.2. The largest absolute Gasteiger partial charge is 0.297 e. The quantitative estimate of drug-likeness (QED) is 0.345. The molecule has 146 valence electrons. The SMILES string of the molecule is Cc1ccc(Cc2cnc(NC(=O)C(C#N)=Cc3ccc(Cl)cc3Cl)s2)cc1Cl. The fraction of sp³-hybridized carbons (Fsp3) is 0.0952. The number of nitrogens with one attached hydrogen (secondary N) is 1. The van der Waals surface area contributed by atoms with Crippen molar-refractivity contribution in [2.75, 3.05) is 5.32 Å². The summed E-state index contributed by atoms with van der Waals surface area (Å²) >= 11 is 19.5. The van der Waals surface area contributed by atoms with Gasteiger partial charge in [-0.25, -0.2) is 4.98 Å². The number of nitrogens with zero attached hydrogens (tertiary/aromatic N) is 2. The minimum atomic E-state index is -0.558. The van der Waals surface area contributed by atoms with Crippen LogP contribution in [0.25, 0.3) is 6.08 Å². The van der Waals surface area contributed by atoms with E-state index in [4.69, 9.17) is 34.8 Å². The van der Waals surface area contributed by atoms with E-state index in [1.807, 2.05) is 31.2 Å². The third-order valence-electron chi connectivity index (χ3n) is 4.02. The van der Waals surface area contributed by atoms with Crippen LogP contribution in [0, 0.1) is 18.3 Å². The molecule has 1 amide bonds. The molecule has 0 spiro atoms. The number of carbonyl (C=O) groups is 1. The van der Waals surface area contributed by atoms with Crippen LogP contribution in [0.3, 0.4) is 0 Å². The third kappa shape index (κ3) is 5.59. The van der Waals surface area contributed by atoms with Crippen LogP contribution < -0.4 is 5.32 Å². The summed E-state index contributed by atoms with van der Waals surface area (Å²) in [5, 5.41) is 14.0. The molecule has 0 bridgehead atoms. The average Bonchev–Trinajstić information content (AvgIpc) is 3.11. The molecule has 3 rings (SSSR count). The zero-order valence-corrected chi connectivity index (χ0v) is 18.3. The van der Waals surface area contributed by atoms with E-state index in [9.17, 15) is 10.1 Å². The molecule has 0 radical (unpaired) electrons. The predicted molar refractivity (Wildman–Crippen MR) is 120 cm³/mol. The Morgan fingerprint density at radius 1 is 1.21 bits per heavy atom. The molecule has 29 heavy (non-hydrogen) atoms. The Morgan fingerprint density at radius 2 is 2.00 bits per heavy atom. The maximum atomic E-state index is 12.5. The van der Waals surface area contributed by atoms with Gasteiger partial charge >= 0.3 is 0 Å². The molecule has 3 aromatic rings. The fourth-order valence-corrected chi connectivity index (χ4v) is 3.99. The standard InChI is InChI=1S/C21H14Cl3N3OS/c1-12-2-3-13(7-18(12)23)6-17-11-26-21(29-17)27-20(28)15(10-25)8-14-4-5-16(22)9-19(14)24/h2-5,7-9,11H,6H2,1H3,(H,26,27,28). The van der Waals surface area contributed by atoms with Crippen molar-refractivity contribution < 1.29 is 4.79 Å². The molecule has 0 unspecified atom stereocenters. The number of hydrogen-bond acceptors (Lipinski definition) is 4. The lowest BCUT2D eigenvalue weighted by molar-refractivity contribution is -0.112. The van der Waals surface area contributed by atoms with Gasteiger partial charge < -0.3 is 0 Å². The summed E-state index contributed by atoms with van der Waals surface area (Å²) in [5.41, 5.74) is 2.51. The molecule has 0 aliphatic carbocycles. The Morgan fingerprint density at radius 3 is 2.69 bits per heavy atom. The van der Waals surface area contributed by atoms with E-state index in [2.05, 4.69) is 10.3 Å². The normalized spacial score (nSPS) is 11.2. The van der Waals surface area contributed by atoms with Crippen molar-refractivity contribution in [3.8, 4) is 6.07 Å². The topological polar surface area (TPSA) is 65.8 Å².